The molecule has 0 aromatic heterocycles. The van der Waals surface area contributed by atoms with Crippen molar-refractivity contribution in [2.45, 2.75) is 65.0 Å². The molecule has 5 rings (SSSR count). The standard InChI is InChI=1S/C22H33NO2/c1-4-25-21-19(6-5-7-20(21)24-3)14-23-15(2)22-11-16-8-17(12-22)10-18(9-16)13-22/h5-7,15-18,23H,4,8-14H2,1-3H3/t15-,16?,17?,18?,22?/m0/s1. The lowest BCUT2D eigenvalue weighted by molar-refractivity contribution is -0.0706. The van der Waals surface area contributed by atoms with Crippen molar-refractivity contribution in [2.24, 2.45) is 23.2 Å². The molecular weight excluding hydrogens is 310 g/mol. The summed E-state index contributed by atoms with van der Waals surface area (Å²) in [5.41, 5.74) is 1.75. The van der Waals surface area contributed by atoms with Crippen LogP contribution in [0.15, 0.2) is 18.2 Å². The average molecular weight is 344 g/mol. The number of rotatable bonds is 7. The molecule has 0 heterocycles. The van der Waals surface area contributed by atoms with Gasteiger partial charge in [-0.3, -0.25) is 0 Å². The van der Waals surface area contributed by atoms with Crippen molar-refractivity contribution in [3.63, 3.8) is 0 Å². The largest absolute Gasteiger partial charge is 0.493 e. The molecule has 0 unspecified atom stereocenters. The van der Waals surface area contributed by atoms with E-state index in [1.165, 1.54) is 44.1 Å². The molecule has 4 aliphatic carbocycles. The van der Waals surface area contributed by atoms with Gasteiger partial charge in [0.1, 0.15) is 0 Å². The van der Waals surface area contributed by atoms with Crippen molar-refractivity contribution in [3.05, 3.63) is 23.8 Å². The highest BCUT2D eigenvalue weighted by Crippen LogP contribution is 2.61. The molecular formula is C22H33NO2. The fourth-order valence-electron chi connectivity index (χ4n) is 6.36. The van der Waals surface area contributed by atoms with E-state index in [1.807, 2.05) is 13.0 Å². The Morgan fingerprint density at radius 1 is 1.12 bits per heavy atom. The number of hydrogen-bond donors (Lipinski definition) is 1. The van der Waals surface area contributed by atoms with E-state index in [0.717, 1.165) is 35.8 Å². The molecule has 1 atom stereocenters. The summed E-state index contributed by atoms with van der Waals surface area (Å²) in [6, 6.07) is 6.78. The number of benzene rings is 1. The number of ether oxygens (including phenoxy) is 2. The number of methoxy groups -OCH3 is 1. The first kappa shape index (κ1) is 17.2. The number of hydrogen-bond acceptors (Lipinski definition) is 3. The van der Waals surface area contributed by atoms with E-state index in [4.69, 9.17) is 9.47 Å². The number of nitrogens with one attached hydrogen (secondary N) is 1. The molecule has 4 aliphatic rings. The van der Waals surface area contributed by atoms with Gasteiger partial charge in [0.15, 0.2) is 11.5 Å². The monoisotopic (exact) mass is 343 g/mol. The second-order valence-electron chi connectivity index (χ2n) is 8.76. The van der Waals surface area contributed by atoms with Crippen LogP contribution in [-0.4, -0.2) is 19.8 Å². The maximum Gasteiger partial charge on any atom is 0.165 e. The first-order valence-corrected chi connectivity index (χ1v) is 10.2. The lowest BCUT2D eigenvalue weighted by Crippen LogP contribution is -2.54. The Balaban J connectivity index is 1.47. The number of para-hydroxylation sites is 1. The summed E-state index contributed by atoms with van der Waals surface area (Å²) in [6.45, 7) is 5.97. The predicted molar refractivity (Wildman–Crippen MR) is 101 cm³/mol. The SMILES string of the molecule is CCOc1c(CN[C@@H](C)C23CC4CC(CC(C4)C2)C3)cccc1OC. The molecule has 1 aromatic carbocycles. The van der Waals surface area contributed by atoms with Gasteiger partial charge in [-0.15, -0.1) is 0 Å². The predicted octanol–water partition coefficient (Wildman–Crippen LogP) is 4.79. The van der Waals surface area contributed by atoms with Gasteiger partial charge in [-0.2, -0.15) is 0 Å². The summed E-state index contributed by atoms with van der Waals surface area (Å²) in [7, 11) is 1.72. The van der Waals surface area contributed by atoms with Gasteiger partial charge in [-0.05, 0) is 81.6 Å². The first-order chi connectivity index (χ1) is 12.1. The van der Waals surface area contributed by atoms with Crippen LogP contribution >= 0.6 is 0 Å². The minimum atomic E-state index is 0.541. The first-order valence-electron chi connectivity index (χ1n) is 10.2. The van der Waals surface area contributed by atoms with E-state index in [2.05, 4.69) is 24.4 Å². The summed E-state index contributed by atoms with van der Waals surface area (Å²) in [4.78, 5) is 0. The molecule has 25 heavy (non-hydrogen) atoms. The zero-order valence-electron chi connectivity index (χ0n) is 16.0. The van der Waals surface area contributed by atoms with Gasteiger partial charge in [-0.1, -0.05) is 12.1 Å². The van der Waals surface area contributed by atoms with Crippen LogP contribution in [-0.2, 0) is 6.54 Å². The fraction of sp³-hybridized carbons (Fsp3) is 0.727. The van der Waals surface area contributed by atoms with Crippen molar-refractivity contribution < 1.29 is 9.47 Å². The van der Waals surface area contributed by atoms with Crippen molar-refractivity contribution in [1.29, 1.82) is 0 Å². The second kappa shape index (κ2) is 6.83. The molecule has 0 saturated heterocycles. The fourth-order valence-corrected chi connectivity index (χ4v) is 6.36. The maximum atomic E-state index is 5.88. The molecule has 3 heteroatoms. The summed E-state index contributed by atoms with van der Waals surface area (Å²) >= 11 is 0. The highest BCUT2D eigenvalue weighted by molar-refractivity contribution is 5.46. The van der Waals surface area contributed by atoms with Gasteiger partial charge in [0, 0.05) is 18.2 Å². The summed E-state index contributed by atoms with van der Waals surface area (Å²) < 4.78 is 11.4. The van der Waals surface area contributed by atoms with Crippen LogP contribution < -0.4 is 14.8 Å². The van der Waals surface area contributed by atoms with Gasteiger partial charge in [0.05, 0.1) is 13.7 Å². The summed E-state index contributed by atoms with van der Waals surface area (Å²) in [6.07, 6.45) is 8.87. The van der Waals surface area contributed by atoms with E-state index in [9.17, 15) is 0 Å². The third-order valence-corrected chi connectivity index (χ3v) is 7.17. The zero-order valence-corrected chi connectivity index (χ0v) is 16.0. The Kier molecular flexibility index (Phi) is 4.70. The van der Waals surface area contributed by atoms with Gasteiger partial charge in [0.2, 0.25) is 0 Å². The molecule has 138 valence electrons. The minimum absolute atomic E-state index is 0.541. The van der Waals surface area contributed by atoms with E-state index in [0.29, 0.717) is 18.1 Å². The van der Waals surface area contributed by atoms with E-state index >= 15 is 0 Å². The molecule has 0 spiro atoms. The normalized spacial score (nSPS) is 34.1. The Labute approximate surface area is 152 Å². The van der Waals surface area contributed by atoms with Crippen molar-refractivity contribution in [3.8, 4) is 11.5 Å². The Morgan fingerprint density at radius 3 is 2.32 bits per heavy atom. The highest BCUT2D eigenvalue weighted by Gasteiger charge is 2.52. The molecule has 3 nitrogen and oxygen atoms in total. The molecule has 4 bridgehead atoms. The van der Waals surface area contributed by atoms with Gasteiger partial charge in [0.25, 0.3) is 0 Å². The lowest BCUT2D eigenvalue weighted by Gasteiger charge is -2.59. The van der Waals surface area contributed by atoms with Gasteiger partial charge < -0.3 is 14.8 Å². The van der Waals surface area contributed by atoms with Gasteiger partial charge >= 0.3 is 0 Å². The molecule has 1 aromatic rings. The molecule has 0 amide bonds. The lowest BCUT2D eigenvalue weighted by atomic mass is 9.48. The van der Waals surface area contributed by atoms with Crippen molar-refractivity contribution in [2.75, 3.05) is 13.7 Å². The van der Waals surface area contributed by atoms with Crippen LogP contribution in [0.3, 0.4) is 0 Å². The molecule has 0 radical (unpaired) electrons. The van der Waals surface area contributed by atoms with Crippen LogP contribution in [0, 0.1) is 23.2 Å². The quantitative estimate of drug-likeness (QED) is 0.772. The molecule has 4 saturated carbocycles. The van der Waals surface area contributed by atoms with E-state index in [-0.39, 0.29) is 0 Å². The van der Waals surface area contributed by atoms with Crippen molar-refractivity contribution >= 4 is 0 Å². The topological polar surface area (TPSA) is 30.5 Å². The van der Waals surface area contributed by atoms with Crippen LogP contribution in [0.4, 0.5) is 0 Å². The highest BCUT2D eigenvalue weighted by atomic mass is 16.5. The Hall–Kier alpha value is -1.22. The van der Waals surface area contributed by atoms with Gasteiger partial charge in [-0.25, -0.2) is 0 Å². The van der Waals surface area contributed by atoms with Crippen LogP contribution in [0.2, 0.25) is 0 Å². The Bertz CT molecular complexity index is 577. The maximum absolute atomic E-state index is 5.88. The zero-order chi connectivity index (χ0) is 17.4. The van der Waals surface area contributed by atoms with Crippen LogP contribution in [0.5, 0.6) is 11.5 Å². The molecule has 1 N–H and O–H groups in total. The smallest absolute Gasteiger partial charge is 0.165 e. The Morgan fingerprint density at radius 2 is 1.76 bits per heavy atom. The van der Waals surface area contributed by atoms with Crippen molar-refractivity contribution in [1.82, 2.24) is 5.32 Å². The summed E-state index contributed by atoms with van der Waals surface area (Å²) in [5.74, 6) is 4.75. The third-order valence-electron chi connectivity index (χ3n) is 7.17. The minimum Gasteiger partial charge on any atom is -0.493 e. The van der Waals surface area contributed by atoms with E-state index < -0.39 is 0 Å². The van der Waals surface area contributed by atoms with Crippen LogP contribution in [0.25, 0.3) is 0 Å². The third kappa shape index (κ3) is 3.16. The van der Waals surface area contributed by atoms with E-state index in [1.54, 1.807) is 7.11 Å². The second-order valence-corrected chi connectivity index (χ2v) is 8.76. The summed E-state index contributed by atoms with van der Waals surface area (Å²) in [5, 5.41) is 3.87. The van der Waals surface area contributed by atoms with Crippen LogP contribution in [0.1, 0.15) is 57.9 Å². The molecule has 0 aliphatic heterocycles. The average Bonchev–Trinajstić information content (AvgIpc) is 2.59. The molecule has 4 fully saturated rings.